The van der Waals surface area contributed by atoms with Crippen molar-refractivity contribution in [2.75, 3.05) is 24.7 Å². The second-order valence-corrected chi connectivity index (χ2v) is 6.65. The summed E-state index contributed by atoms with van der Waals surface area (Å²) in [6.07, 6.45) is 1.52. The highest BCUT2D eigenvalue weighted by Crippen LogP contribution is 2.36. The molecule has 0 saturated carbocycles. The van der Waals surface area contributed by atoms with Gasteiger partial charge in [-0.2, -0.15) is 11.8 Å². The fourth-order valence-electron chi connectivity index (χ4n) is 1.96. The molecular weight excluding hydrogens is 274 g/mol. The maximum Gasteiger partial charge on any atom is 0.223 e. The third-order valence-electron chi connectivity index (χ3n) is 2.86. The summed E-state index contributed by atoms with van der Waals surface area (Å²) in [7, 11) is 0. The predicted octanol–water partition coefficient (Wildman–Crippen LogP) is 3.38. The molecule has 5 heteroatoms. The Morgan fingerprint density at radius 2 is 2.41 bits per heavy atom. The minimum Gasteiger partial charge on any atom is -0.342 e. The van der Waals surface area contributed by atoms with Crippen LogP contribution < -0.4 is 0 Å². The zero-order valence-corrected chi connectivity index (χ0v) is 12.0. The molecule has 1 aromatic heterocycles. The minimum atomic E-state index is 0.201. The van der Waals surface area contributed by atoms with Crippen LogP contribution in [0.5, 0.6) is 0 Å². The van der Waals surface area contributed by atoms with E-state index in [1.54, 1.807) is 0 Å². The highest BCUT2D eigenvalue weighted by molar-refractivity contribution is 7.99. The summed E-state index contributed by atoms with van der Waals surface area (Å²) in [4.78, 5) is 15.2. The van der Waals surface area contributed by atoms with Crippen molar-refractivity contribution in [3.63, 3.8) is 0 Å². The molecule has 2 heterocycles. The fraction of sp³-hybridized carbons (Fsp3) is 0.583. The van der Waals surface area contributed by atoms with Crippen molar-refractivity contribution >= 4 is 40.6 Å². The molecule has 2 nitrogen and oxygen atoms in total. The Kier molecular flexibility index (Phi) is 5.19. The van der Waals surface area contributed by atoms with Crippen LogP contribution in [-0.4, -0.2) is 35.5 Å². The summed E-state index contributed by atoms with van der Waals surface area (Å²) >= 11 is 9.39. The lowest BCUT2D eigenvalue weighted by Gasteiger charge is -2.19. The first-order chi connectivity index (χ1) is 8.31. The molecule has 17 heavy (non-hydrogen) atoms. The van der Waals surface area contributed by atoms with Crippen LogP contribution in [0.3, 0.4) is 0 Å². The van der Waals surface area contributed by atoms with E-state index in [1.165, 1.54) is 4.88 Å². The molecule has 1 amide bonds. The summed E-state index contributed by atoms with van der Waals surface area (Å²) in [5.41, 5.74) is 0. The number of alkyl halides is 1. The van der Waals surface area contributed by atoms with Gasteiger partial charge in [-0.25, -0.2) is 0 Å². The maximum absolute atomic E-state index is 11.8. The highest BCUT2D eigenvalue weighted by atomic mass is 35.5. The Morgan fingerprint density at radius 1 is 1.53 bits per heavy atom. The molecule has 1 atom stereocenters. The molecule has 1 unspecified atom stereocenters. The topological polar surface area (TPSA) is 20.3 Å². The number of hydrogen-bond acceptors (Lipinski definition) is 3. The molecule has 1 aliphatic heterocycles. The van der Waals surface area contributed by atoms with Crippen molar-refractivity contribution in [3.8, 4) is 0 Å². The van der Waals surface area contributed by atoms with E-state index < -0.39 is 0 Å². The van der Waals surface area contributed by atoms with Crippen LogP contribution >= 0.6 is 34.7 Å². The molecule has 1 fully saturated rings. The highest BCUT2D eigenvalue weighted by Gasteiger charge is 2.21. The zero-order chi connectivity index (χ0) is 12.1. The van der Waals surface area contributed by atoms with E-state index in [2.05, 4.69) is 17.5 Å². The first-order valence-electron chi connectivity index (χ1n) is 5.80. The van der Waals surface area contributed by atoms with Gasteiger partial charge in [-0.05, 0) is 17.9 Å². The second kappa shape index (κ2) is 6.66. The number of carbonyl (C=O) groups excluding carboxylic acids is 1. The molecule has 1 aromatic rings. The van der Waals surface area contributed by atoms with Crippen LogP contribution in [0.4, 0.5) is 0 Å². The van der Waals surface area contributed by atoms with Gasteiger partial charge in [0.15, 0.2) is 0 Å². The standard InChI is InChI=1S/C12H16ClNOS2/c13-5-3-12(15)14-6-4-11(17-9-7-14)10-2-1-8-16-10/h1-2,8,11H,3-7,9H2. The van der Waals surface area contributed by atoms with Gasteiger partial charge >= 0.3 is 0 Å². The number of carbonyl (C=O) groups is 1. The van der Waals surface area contributed by atoms with Crippen molar-refractivity contribution in [2.24, 2.45) is 0 Å². The maximum atomic E-state index is 11.8. The van der Waals surface area contributed by atoms with Gasteiger partial charge in [0, 0.05) is 41.3 Å². The van der Waals surface area contributed by atoms with E-state index in [-0.39, 0.29) is 5.91 Å². The van der Waals surface area contributed by atoms with Crippen LogP contribution in [0.1, 0.15) is 23.0 Å². The Morgan fingerprint density at radius 3 is 3.12 bits per heavy atom. The van der Waals surface area contributed by atoms with Crippen molar-refractivity contribution in [1.29, 1.82) is 0 Å². The number of hydrogen-bond donors (Lipinski definition) is 0. The number of rotatable bonds is 3. The van der Waals surface area contributed by atoms with Crippen LogP contribution in [0, 0.1) is 0 Å². The van der Waals surface area contributed by atoms with Crippen LogP contribution in [0.25, 0.3) is 0 Å². The first kappa shape index (κ1) is 13.2. The van der Waals surface area contributed by atoms with Gasteiger partial charge in [0.25, 0.3) is 0 Å². The molecule has 0 aliphatic carbocycles. The van der Waals surface area contributed by atoms with Crippen molar-refractivity contribution < 1.29 is 4.79 Å². The van der Waals surface area contributed by atoms with Crippen LogP contribution in [0.15, 0.2) is 17.5 Å². The summed E-state index contributed by atoms with van der Waals surface area (Å²) in [6.45, 7) is 1.73. The van der Waals surface area contributed by atoms with Gasteiger partial charge in [-0.1, -0.05) is 6.07 Å². The number of thioether (sulfide) groups is 1. The largest absolute Gasteiger partial charge is 0.342 e. The Labute approximate surface area is 115 Å². The lowest BCUT2D eigenvalue weighted by atomic mass is 10.2. The Hall–Kier alpha value is -0.190. The van der Waals surface area contributed by atoms with Gasteiger partial charge in [0.1, 0.15) is 0 Å². The van der Waals surface area contributed by atoms with E-state index in [0.717, 1.165) is 25.3 Å². The van der Waals surface area contributed by atoms with E-state index in [0.29, 0.717) is 17.6 Å². The van der Waals surface area contributed by atoms with Crippen molar-refractivity contribution in [3.05, 3.63) is 22.4 Å². The first-order valence-corrected chi connectivity index (χ1v) is 8.26. The van der Waals surface area contributed by atoms with Crippen molar-refractivity contribution in [2.45, 2.75) is 18.1 Å². The molecule has 0 aromatic carbocycles. The average molecular weight is 290 g/mol. The third kappa shape index (κ3) is 3.63. The molecule has 0 radical (unpaired) electrons. The predicted molar refractivity (Wildman–Crippen MR) is 76.1 cm³/mol. The smallest absolute Gasteiger partial charge is 0.223 e. The molecule has 0 bridgehead atoms. The Balaban J connectivity index is 1.91. The van der Waals surface area contributed by atoms with Crippen LogP contribution in [-0.2, 0) is 4.79 Å². The summed E-state index contributed by atoms with van der Waals surface area (Å²) in [6, 6.07) is 4.29. The third-order valence-corrected chi connectivity index (χ3v) is 5.50. The average Bonchev–Trinajstić information content (AvgIpc) is 2.74. The molecule has 0 spiro atoms. The summed E-state index contributed by atoms with van der Waals surface area (Å²) in [5.74, 6) is 1.65. The molecule has 2 rings (SSSR count). The quantitative estimate of drug-likeness (QED) is 0.795. The molecule has 0 N–H and O–H groups in total. The molecular formula is C12H16ClNOS2. The SMILES string of the molecule is O=C(CCCl)N1CCSC(c2cccs2)CC1. The minimum absolute atomic E-state index is 0.201. The number of halogens is 1. The van der Waals surface area contributed by atoms with Gasteiger partial charge < -0.3 is 4.90 Å². The fourth-order valence-corrected chi connectivity index (χ4v) is 4.36. The normalized spacial score (nSPS) is 21.2. The summed E-state index contributed by atoms with van der Waals surface area (Å²) < 4.78 is 0. The summed E-state index contributed by atoms with van der Waals surface area (Å²) in [5, 5.41) is 2.68. The number of nitrogens with zero attached hydrogens (tertiary/aromatic N) is 1. The van der Waals surface area contributed by atoms with E-state index in [4.69, 9.17) is 11.6 Å². The Bertz CT molecular complexity index is 355. The van der Waals surface area contributed by atoms with Gasteiger partial charge in [0.2, 0.25) is 5.91 Å². The second-order valence-electron chi connectivity index (χ2n) is 3.98. The van der Waals surface area contributed by atoms with Crippen molar-refractivity contribution in [1.82, 2.24) is 4.90 Å². The molecule has 1 aliphatic rings. The van der Waals surface area contributed by atoms with Gasteiger partial charge in [-0.15, -0.1) is 22.9 Å². The lowest BCUT2D eigenvalue weighted by molar-refractivity contribution is -0.130. The van der Waals surface area contributed by atoms with Crippen LogP contribution in [0.2, 0.25) is 0 Å². The monoisotopic (exact) mass is 289 g/mol. The molecule has 94 valence electrons. The zero-order valence-electron chi connectivity index (χ0n) is 9.60. The van der Waals surface area contributed by atoms with Gasteiger partial charge in [0.05, 0.1) is 0 Å². The van der Waals surface area contributed by atoms with E-state index in [1.807, 2.05) is 28.0 Å². The number of amides is 1. The van der Waals surface area contributed by atoms with Gasteiger partial charge in [-0.3, -0.25) is 4.79 Å². The van der Waals surface area contributed by atoms with E-state index in [9.17, 15) is 4.79 Å². The number of thiophene rings is 1. The lowest BCUT2D eigenvalue weighted by Crippen LogP contribution is -2.33. The molecule has 1 saturated heterocycles. The van der Waals surface area contributed by atoms with E-state index >= 15 is 0 Å².